The Labute approximate surface area is 217 Å². The number of carbonyl (C=O) groups is 2. The fourth-order valence-electron chi connectivity index (χ4n) is 3.03. The van der Waals surface area contributed by atoms with Crippen molar-refractivity contribution < 1.29 is 19.1 Å². The highest BCUT2D eigenvalue weighted by molar-refractivity contribution is 9.10. The lowest BCUT2D eigenvalue weighted by atomic mass is 10.2. The van der Waals surface area contributed by atoms with Gasteiger partial charge in [-0.25, -0.2) is 5.43 Å². The summed E-state index contributed by atoms with van der Waals surface area (Å²) in [5.74, 6) is 0.0377. The number of halogens is 2. The predicted molar refractivity (Wildman–Crippen MR) is 141 cm³/mol. The number of anilines is 1. The van der Waals surface area contributed by atoms with Gasteiger partial charge in [0.25, 0.3) is 0 Å². The number of hydrazone groups is 1. The summed E-state index contributed by atoms with van der Waals surface area (Å²) in [6, 6.07) is 16.7. The maximum atomic E-state index is 12.1. The van der Waals surface area contributed by atoms with E-state index in [0.717, 1.165) is 11.1 Å². The molecule has 0 aromatic heterocycles. The van der Waals surface area contributed by atoms with Gasteiger partial charge in [0, 0.05) is 10.7 Å². The standard InChI is InChI=1S/C26H25BrClN3O4/c1-16-4-7-18(8-5-16)15-35-26-21(27)10-19(11-23(26)34-3)14-29-31-25(33)13-24(32)30-20-9-6-17(2)22(28)12-20/h4-12,14H,13,15H2,1-3H3,(H,30,32)(H,31,33). The Morgan fingerprint density at radius 3 is 2.49 bits per heavy atom. The highest BCUT2D eigenvalue weighted by Crippen LogP contribution is 2.36. The summed E-state index contributed by atoms with van der Waals surface area (Å²) in [7, 11) is 1.54. The van der Waals surface area contributed by atoms with Gasteiger partial charge in [-0.2, -0.15) is 5.10 Å². The minimum absolute atomic E-state index is 0.385. The van der Waals surface area contributed by atoms with E-state index in [0.29, 0.717) is 38.9 Å². The van der Waals surface area contributed by atoms with Gasteiger partial charge in [-0.1, -0.05) is 47.5 Å². The first kappa shape index (κ1) is 26.2. The number of carbonyl (C=O) groups excluding carboxylic acids is 2. The van der Waals surface area contributed by atoms with Crippen molar-refractivity contribution in [1.29, 1.82) is 0 Å². The average Bonchev–Trinajstić information content (AvgIpc) is 2.81. The monoisotopic (exact) mass is 557 g/mol. The molecule has 0 aliphatic heterocycles. The van der Waals surface area contributed by atoms with Gasteiger partial charge in [0.15, 0.2) is 11.5 Å². The van der Waals surface area contributed by atoms with Crippen molar-refractivity contribution in [1.82, 2.24) is 5.43 Å². The summed E-state index contributed by atoms with van der Waals surface area (Å²) in [5.41, 5.74) is 6.64. The number of benzene rings is 3. The van der Waals surface area contributed by atoms with Crippen LogP contribution in [0.25, 0.3) is 0 Å². The molecule has 0 heterocycles. The van der Waals surface area contributed by atoms with Crippen LogP contribution in [0.2, 0.25) is 5.02 Å². The topological polar surface area (TPSA) is 89.0 Å². The van der Waals surface area contributed by atoms with Gasteiger partial charge in [0.05, 0.1) is 17.8 Å². The van der Waals surface area contributed by atoms with Crippen LogP contribution in [0.15, 0.2) is 64.2 Å². The maximum Gasteiger partial charge on any atom is 0.249 e. The van der Waals surface area contributed by atoms with E-state index in [9.17, 15) is 9.59 Å². The summed E-state index contributed by atoms with van der Waals surface area (Å²) in [5, 5.41) is 7.10. The molecule has 182 valence electrons. The zero-order valence-electron chi connectivity index (χ0n) is 19.5. The number of aryl methyl sites for hydroxylation is 2. The van der Waals surface area contributed by atoms with Crippen LogP contribution in [0.1, 0.15) is 28.7 Å². The van der Waals surface area contributed by atoms with Gasteiger partial charge in [0.2, 0.25) is 11.8 Å². The zero-order valence-corrected chi connectivity index (χ0v) is 21.9. The van der Waals surface area contributed by atoms with Crippen molar-refractivity contribution in [2.45, 2.75) is 26.9 Å². The molecule has 0 unspecified atom stereocenters. The SMILES string of the molecule is COc1cc(C=NNC(=O)CC(=O)Nc2ccc(C)c(Cl)c2)cc(Br)c1OCc1ccc(C)cc1. The molecule has 0 aliphatic rings. The first-order chi connectivity index (χ1) is 16.7. The van der Waals surface area contributed by atoms with E-state index >= 15 is 0 Å². The molecule has 0 bridgehead atoms. The molecule has 3 rings (SSSR count). The van der Waals surface area contributed by atoms with Gasteiger partial charge < -0.3 is 14.8 Å². The largest absolute Gasteiger partial charge is 0.493 e. The third-order valence-corrected chi connectivity index (χ3v) is 5.93. The van der Waals surface area contributed by atoms with Gasteiger partial charge in [-0.3, -0.25) is 9.59 Å². The third kappa shape index (κ3) is 7.83. The smallest absolute Gasteiger partial charge is 0.249 e. The molecular formula is C26H25BrClN3O4. The Morgan fingerprint density at radius 1 is 1.06 bits per heavy atom. The van der Waals surface area contributed by atoms with Gasteiger partial charge in [0.1, 0.15) is 13.0 Å². The van der Waals surface area contributed by atoms with Crippen molar-refractivity contribution in [3.05, 3.63) is 86.3 Å². The zero-order chi connectivity index (χ0) is 25.4. The van der Waals surface area contributed by atoms with E-state index < -0.39 is 11.8 Å². The molecule has 2 N–H and O–H groups in total. The first-order valence-electron chi connectivity index (χ1n) is 10.7. The van der Waals surface area contributed by atoms with E-state index in [-0.39, 0.29) is 6.42 Å². The van der Waals surface area contributed by atoms with Crippen molar-refractivity contribution in [3.63, 3.8) is 0 Å². The first-order valence-corrected chi connectivity index (χ1v) is 11.9. The Balaban J connectivity index is 1.56. The van der Waals surface area contributed by atoms with Crippen LogP contribution in [0.4, 0.5) is 5.69 Å². The summed E-state index contributed by atoms with van der Waals surface area (Å²) in [4.78, 5) is 24.2. The van der Waals surface area contributed by atoms with Crippen molar-refractivity contribution in [2.24, 2.45) is 5.10 Å². The molecule has 0 fully saturated rings. The summed E-state index contributed by atoms with van der Waals surface area (Å²) >= 11 is 9.56. The van der Waals surface area contributed by atoms with Gasteiger partial charge >= 0.3 is 0 Å². The van der Waals surface area contributed by atoms with Crippen molar-refractivity contribution in [2.75, 3.05) is 12.4 Å². The molecule has 0 atom stereocenters. The highest BCUT2D eigenvalue weighted by Gasteiger charge is 2.13. The molecule has 0 saturated heterocycles. The predicted octanol–water partition coefficient (Wildman–Crippen LogP) is 5.79. The van der Waals surface area contributed by atoms with E-state index in [1.807, 2.05) is 38.1 Å². The fourth-order valence-corrected chi connectivity index (χ4v) is 3.79. The van der Waals surface area contributed by atoms with Crippen molar-refractivity contribution >= 4 is 51.2 Å². The second kappa shape index (κ2) is 12.4. The number of hydrogen-bond donors (Lipinski definition) is 2. The van der Waals surface area contributed by atoms with Crippen LogP contribution in [-0.2, 0) is 16.2 Å². The maximum absolute atomic E-state index is 12.1. The third-order valence-electron chi connectivity index (χ3n) is 4.94. The normalized spacial score (nSPS) is 10.8. The summed E-state index contributed by atoms with van der Waals surface area (Å²) in [6.45, 7) is 4.28. The van der Waals surface area contributed by atoms with Crippen LogP contribution in [0.5, 0.6) is 11.5 Å². The number of amides is 2. The second-order valence-electron chi connectivity index (χ2n) is 7.79. The van der Waals surface area contributed by atoms with Crippen LogP contribution < -0.4 is 20.2 Å². The molecule has 3 aromatic rings. The lowest BCUT2D eigenvalue weighted by Gasteiger charge is -2.13. The van der Waals surface area contributed by atoms with Crippen LogP contribution in [0.3, 0.4) is 0 Å². The number of nitrogens with one attached hydrogen (secondary N) is 2. The number of rotatable bonds is 9. The van der Waals surface area contributed by atoms with E-state index in [4.69, 9.17) is 21.1 Å². The molecule has 0 saturated carbocycles. The lowest BCUT2D eigenvalue weighted by Crippen LogP contribution is -2.24. The molecule has 3 aromatic carbocycles. The van der Waals surface area contributed by atoms with E-state index in [1.165, 1.54) is 11.8 Å². The summed E-state index contributed by atoms with van der Waals surface area (Å²) in [6.07, 6.45) is 1.06. The molecular weight excluding hydrogens is 534 g/mol. The summed E-state index contributed by atoms with van der Waals surface area (Å²) < 4.78 is 12.1. The van der Waals surface area contributed by atoms with Gasteiger partial charge in [-0.05, 0) is 70.7 Å². The Hall–Kier alpha value is -3.36. The second-order valence-corrected chi connectivity index (χ2v) is 9.05. The minimum atomic E-state index is -0.555. The quantitative estimate of drug-likeness (QED) is 0.198. The van der Waals surface area contributed by atoms with Crippen LogP contribution in [0, 0.1) is 13.8 Å². The Kier molecular flexibility index (Phi) is 9.28. The number of methoxy groups -OCH3 is 1. The molecule has 35 heavy (non-hydrogen) atoms. The number of nitrogens with zero attached hydrogens (tertiary/aromatic N) is 1. The Morgan fingerprint density at radius 2 is 1.80 bits per heavy atom. The highest BCUT2D eigenvalue weighted by atomic mass is 79.9. The fraction of sp³-hybridized carbons (Fsp3) is 0.192. The number of ether oxygens (including phenoxy) is 2. The molecule has 0 radical (unpaired) electrons. The molecule has 0 spiro atoms. The Bertz CT molecular complexity index is 1250. The van der Waals surface area contributed by atoms with Crippen molar-refractivity contribution in [3.8, 4) is 11.5 Å². The number of hydrogen-bond acceptors (Lipinski definition) is 5. The van der Waals surface area contributed by atoms with E-state index in [1.54, 1.807) is 37.4 Å². The van der Waals surface area contributed by atoms with E-state index in [2.05, 4.69) is 31.8 Å². The minimum Gasteiger partial charge on any atom is -0.493 e. The average molecular weight is 559 g/mol. The van der Waals surface area contributed by atoms with Crippen LogP contribution in [-0.4, -0.2) is 25.1 Å². The molecule has 2 amide bonds. The molecule has 7 nitrogen and oxygen atoms in total. The molecule has 9 heteroatoms. The van der Waals surface area contributed by atoms with Crippen LogP contribution >= 0.6 is 27.5 Å². The molecule has 0 aliphatic carbocycles. The lowest BCUT2D eigenvalue weighted by molar-refractivity contribution is -0.126. The van der Waals surface area contributed by atoms with Gasteiger partial charge in [-0.15, -0.1) is 0 Å².